The highest BCUT2D eigenvalue weighted by Gasteiger charge is 2.10. The molecule has 1 aromatic heterocycles. The van der Waals surface area contributed by atoms with Gasteiger partial charge in [-0.15, -0.1) is 0 Å². The second-order valence-electron chi connectivity index (χ2n) is 4.11. The van der Waals surface area contributed by atoms with Crippen LogP contribution in [0.1, 0.15) is 0 Å². The zero-order valence-corrected chi connectivity index (χ0v) is 13.5. The maximum Gasteiger partial charge on any atom is 0.138 e. The van der Waals surface area contributed by atoms with Crippen LogP contribution in [0, 0.1) is 0 Å². The van der Waals surface area contributed by atoms with Crippen LogP contribution in [0.5, 0.6) is 0 Å². The Morgan fingerprint density at radius 1 is 1.11 bits per heavy atom. The monoisotopic (exact) mass is 399 g/mol. The van der Waals surface area contributed by atoms with Crippen molar-refractivity contribution in [1.29, 1.82) is 0 Å². The minimum Gasteiger partial charge on any atom is -0.398 e. The van der Waals surface area contributed by atoms with Crippen LogP contribution < -0.4 is 5.73 Å². The van der Waals surface area contributed by atoms with Gasteiger partial charge in [0.1, 0.15) is 11.3 Å². The van der Waals surface area contributed by atoms with E-state index in [2.05, 4.69) is 41.8 Å². The Morgan fingerprint density at radius 2 is 1.89 bits per heavy atom. The largest absolute Gasteiger partial charge is 0.398 e. The third-order valence-electron chi connectivity index (χ3n) is 2.77. The van der Waals surface area contributed by atoms with Crippen molar-refractivity contribution in [3.8, 4) is 11.4 Å². The third kappa shape index (κ3) is 2.38. The van der Waals surface area contributed by atoms with Gasteiger partial charge in [-0.1, -0.05) is 11.6 Å². The molecule has 0 aliphatic rings. The fourth-order valence-corrected chi connectivity index (χ4v) is 3.02. The molecule has 0 saturated heterocycles. The van der Waals surface area contributed by atoms with Gasteiger partial charge in [-0.2, -0.15) is 0 Å². The number of imidazole rings is 1. The first kappa shape index (κ1) is 13.0. The minimum atomic E-state index is 0.657. The lowest BCUT2D eigenvalue weighted by Gasteiger charge is -2.00. The van der Waals surface area contributed by atoms with Crippen LogP contribution in [-0.4, -0.2) is 9.97 Å². The zero-order valence-electron chi connectivity index (χ0n) is 9.55. The third-order valence-corrected chi connectivity index (χ3v) is 4.32. The highest BCUT2D eigenvalue weighted by molar-refractivity contribution is 9.11. The molecule has 0 spiro atoms. The van der Waals surface area contributed by atoms with Crippen molar-refractivity contribution in [3.63, 3.8) is 0 Å². The first-order valence-corrected chi connectivity index (χ1v) is 7.41. The number of halogens is 3. The number of H-pyrrole nitrogens is 1. The van der Waals surface area contributed by atoms with Crippen molar-refractivity contribution in [2.45, 2.75) is 0 Å². The number of fused-ring (bicyclic) bond motifs is 1. The Kier molecular flexibility index (Phi) is 3.28. The van der Waals surface area contributed by atoms with Crippen LogP contribution in [0.2, 0.25) is 5.02 Å². The van der Waals surface area contributed by atoms with Gasteiger partial charge in [0.25, 0.3) is 0 Å². The molecule has 0 amide bonds. The lowest BCUT2D eigenvalue weighted by molar-refractivity contribution is 1.33. The highest BCUT2D eigenvalue weighted by atomic mass is 79.9. The van der Waals surface area contributed by atoms with Gasteiger partial charge in [-0.3, -0.25) is 0 Å². The number of nitrogens with one attached hydrogen (secondary N) is 1. The quantitative estimate of drug-likeness (QED) is 0.565. The van der Waals surface area contributed by atoms with Crippen molar-refractivity contribution in [1.82, 2.24) is 9.97 Å². The first-order valence-electron chi connectivity index (χ1n) is 5.45. The highest BCUT2D eigenvalue weighted by Crippen LogP contribution is 2.31. The SMILES string of the molecule is Nc1cc(-c2nc3c(Br)cc(Cl)cc3[nH]2)ccc1Br. The predicted octanol–water partition coefficient (Wildman–Crippen LogP) is 4.99. The van der Waals surface area contributed by atoms with Crippen LogP contribution in [0.15, 0.2) is 39.3 Å². The topological polar surface area (TPSA) is 54.7 Å². The van der Waals surface area contributed by atoms with E-state index < -0.39 is 0 Å². The fourth-order valence-electron chi connectivity index (χ4n) is 1.87. The maximum atomic E-state index is 6.02. The molecule has 19 heavy (non-hydrogen) atoms. The van der Waals surface area contributed by atoms with Gasteiger partial charge >= 0.3 is 0 Å². The number of hydrogen-bond donors (Lipinski definition) is 2. The van der Waals surface area contributed by atoms with Crippen LogP contribution in [-0.2, 0) is 0 Å². The molecule has 3 rings (SSSR count). The number of hydrogen-bond acceptors (Lipinski definition) is 2. The van der Waals surface area contributed by atoms with Gasteiger partial charge in [0.2, 0.25) is 0 Å². The van der Waals surface area contributed by atoms with Gasteiger partial charge in [0.05, 0.1) is 5.52 Å². The number of nitrogens with two attached hydrogens (primary N) is 1. The van der Waals surface area contributed by atoms with E-state index >= 15 is 0 Å². The van der Waals surface area contributed by atoms with Crippen molar-refractivity contribution in [2.75, 3.05) is 5.73 Å². The number of nitrogen functional groups attached to an aromatic ring is 1. The molecule has 0 aliphatic carbocycles. The first-order chi connectivity index (χ1) is 9.04. The Hall–Kier alpha value is -1.04. The van der Waals surface area contributed by atoms with Gasteiger partial charge in [0.15, 0.2) is 0 Å². The number of benzene rings is 2. The van der Waals surface area contributed by atoms with E-state index in [1.54, 1.807) is 0 Å². The fraction of sp³-hybridized carbons (Fsp3) is 0. The molecule has 0 atom stereocenters. The summed E-state index contributed by atoms with van der Waals surface area (Å²) >= 11 is 12.9. The average Bonchev–Trinajstić information content (AvgIpc) is 2.76. The Morgan fingerprint density at radius 3 is 2.63 bits per heavy atom. The molecule has 6 heteroatoms. The molecule has 0 aliphatic heterocycles. The zero-order chi connectivity index (χ0) is 13.6. The average molecular weight is 401 g/mol. The normalized spacial score (nSPS) is 11.1. The number of aromatic amines is 1. The van der Waals surface area contributed by atoms with Crippen molar-refractivity contribution in [3.05, 3.63) is 44.3 Å². The minimum absolute atomic E-state index is 0.657. The summed E-state index contributed by atoms with van der Waals surface area (Å²) in [5.74, 6) is 0.761. The molecular formula is C13H8Br2ClN3. The molecular weight excluding hydrogens is 393 g/mol. The number of anilines is 1. The Labute approximate surface area is 131 Å². The summed E-state index contributed by atoms with van der Waals surface area (Å²) in [7, 11) is 0. The molecule has 0 saturated carbocycles. The molecule has 1 heterocycles. The summed E-state index contributed by atoms with van der Waals surface area (Å²) in [4.78, 5) is 7.81. The molecule has 96 valence electrons. The van der Waals surface area contributed by atoms with Gasteiger partial charge in [-0.05, 0) is 62.2 Å². The number of aromatic nitrogens is 2. The van der Waals surface area contributed by atoms with Crippen LogP contribution in [0.25, 0.3) is 22.4 Å². The second kappa shape index (κ2) is 4.81. The van der Waals surface area contributed by atoms with Crippen molar-refractivity contribution >= 4 is 60.2 Å². The molecule has 0 radical (unpaired) electrons. The Balaban J connectivity index is 2.20. The van der Waals surface area contributed by atoms with Crippen LogP contribution in [0.4, 0.5) is 5.69 Å². The summed E-state index contributed by atoms with van der Waals surface area (Å²) in [5.41, 5.74) is 9.23. The van der Waals surface area contributed by atoms with Crippen molar-refractivity contribution in [2.24, 2.45) is 0 Å². The number of rotatable bonds is 1. The van der Waals surface area contributed by atoms with E-state index in [1.807, 2.05) is 30.3 Å². The molecule has 3 nitrogen and oxygen atoms in total. The van der Waals surface area contributed by atoms with E-state index in [0.717, 1.165) is 31.4 Å². The number of nitrogens with zero attached hydrogens (tertiary/aromatic N) is 1. The molecule has 0 fully saturated rings. The van der Waals surface area contributed by atoms with Gasteiger partial charge < -0.3 is 10.7 Å². The Bertz CT molecular complexity index is 783. The summed E-state index contributed by atoms with van der Waals surface area (Å²) < 4.78 is 1.74. The van der Waals surface area contributed by atoms with Crippen LogP contribution >= 0.6 is 43.5 Å². The second-order valence-corrected chi connectivity index (χ2v) is 6.25. The lowest BCUT2D eigenvalue weighted by Crippen LogP contribution is -1.88. The van der Waals surface area contributed by atoms with E-state index in [4.69, 9.17) is 17.3 Å². The molecule has 2 aromatic carbocycles. The molecule has 0 unspecified atom stereocenters. The van der Waals surface area contributed by atoms with Gasteiger partial charge in [0, 0.05) is 25.2 Å². The predicted molar refractivity (Wildman–Crippen MR) is 86.4 cm³/mol. The smallest absolute Gasteiger partial charge is 0.138 e. The summed E-state index contributed by atoms with van der Waals surface area (Å²) in [6.07, 6.45) is 0. The standard InChI is InChI=1S/C13H8Br2ClN3/c14-8-2-1-6(3-10(8)17)13-18-11-5-7(16)4-9(15)12(11)19-13/h1-5H,17H2,(H,18,19). The van der Waals surface area contributed by atoms with Gasteiger partial charge in [-0.25, -0.2) is 4.98 Å². The lowest BCUT2D eigenvalue weighted by atomic mass is 10.2. The maximum absolute atomic E-state index is 6.02. The summed E-state index contributed by atoms with van der Waals surface area (Å²) in [6.45, 7) is 0. The summed E-state index contributed by atoms with van der Waals surface area (Å²) in [5, 5.41) is 0.657. The van der Waals surface area contributed by atoms with E-state index in [9.17, 15) is 0 Å². The van der Waals surface area contributed by atoms with E-state index in [1.165, 1.54) is 0 Å². The van der Waals surface area contributed by atoms with E-state index in [-0.39, 0.29) is 0 Å². The summed E-state index contributed by atoms with van der Waals surface area (Å²) in [6, 6.07) is 9.40. The van der Waals surface area contributed by atoms with Crippen LogP contribution in [0.3, 0.4) is 0 Å². The van der Waals surface area contributed by atoms with E-state index in [0.29, 0.717) is 10.7 Å². The van der Waals surface area contributed by atoms with Crippen molar-refractivity contribution < 1.29 is 0 Å². The molecule has 3 N–H and O–H groups in total. The molecule has 3 aromatic rings. The molecule has 0 bridgehead atoms.